The number of carboxylic acid groups (broad SMARTS) is 1. The zero-order chi connectivity index (χ0) is 32.8. The molecule has 0 radical (unpaired) electrons. The Morgan fingerprint density at radius 1 is 0.851 bits per heavy atom. The lowest BCUT2D eigenvalue weighted by atomic mass is 9.90. The predicted octanol–water partition coefficient (Wildman–Crippen LogP) is 8.20. The number of hydrogen-bond acceptors (Lipinski definition) is 5. The molecule has 1 aliphatic rings. The summed E-state index contributed by atoms with van der Waals surface area (Å²) in [6.45, 7) is 7.79. The molecule has 246 valence electrons. The van der Waals surface area contributed by atoms with Gasteiger partial charge >= 0.3 is 5.97 Å². The lowest BCUT2D eigenvalue weighted by Crippen LogP contribution is -2.51. The summed E-state index contributed by atoms with van der Waals surface area (Å²) in [5.74, 6) is -1.06. The van der Waals surface area contributed by atoms with Crippen molar-refractivity contribution in [2.75, 3.05) is 13.2 Å². The molecule has 47 heavy (non-hydrogen) atoms. The van der Waals surface area contributed by atoms with Crippen LogP contribution >= 0.6 is 0 Å². The second-order valence-corrected chi connectivity index (χ2v) is 12.2. The highest BCUT2D eigenvalue weighted by atomic mass is 16.6. The molecule has 0 saturated carbocycles. The number of ether oxygens (including phenoxy) is 4. The van der Waals surface area contributed by atoms with Crippen molar-refractivity contribution in [3.05, 3.63) is 155 Å². The molecule has 0 amide bonds. The van der Waals surface area contributed by atoms with E-state index in [9.17, 15) is 9.90 Å². The van der Waals surface area contributed by atoms with Gasteiger partial charge < -0.3 is 24.1 Å². The van der Waals surface area contributed by atoms with Crippen LogP contribution in [0.15, 0.2) is 116 Å². The van der Waals surface area contributed by atoms with E-state index in [1.54, 1.807) is 6.08 Å². The van der Waals surface area contributed by atoms with Crippen LogP contribution in [0.4, 0.5) is 0 Å². The summed E-state index contributed by atoms with van der Waals surface area (Å²) in [6, 6.07) is 34.8. The summed E-state index contributed by atoms with van der Waals surface area (Å²) in [4.78, 5) is 12.6. The molecule has 4 atom stereocenters. The van der Waals surface area contributed by atoms with Crippen LogP contribution in [0.5, 0.6) is 0 Å². The topological polar surface area (TPSA) is 74.2 Å². The standard InChI is InChI=1S/C41H46O6/c1-3-23-44-24-11-10-12-31-18-20-32(21-19-31)25-36-26-35(22-17-30(36)2)37-27-38(45-28-33-13-6-4-7-14-33)39(40(47-37)41(42)43)46-29-34-15-8-5-9-16-34/h3-9,13-22,26,37-40H,1,10-12,23-25,27-29H2,2H3,(H,42,43)/t37?,38?,39-,40?/m0/s1. The zero-order valence-electron chi connectivity index (χ0n) is 27.3. The lowest BCUT2D eigenvalue weighted by Gasteiger charge is -2.40. The van der Waals surface area contributed by atoms with Gasteiger partial charge in [-0.05, 0) is 71.6 Å². The molecule has 0 bridgehead atoms. The van der Waals surface area contributed by atoms with Gasteiger partial charge in [-0.2, -0.15) is 0 Å². The van der Waals surface area contributed by atoms with Crippen molar-refractivity contribution in [2.45, 2.75) is 76.7 Å². The Hall–Kier alpha value is -4.07. The molecule has 6 heteroatoms. The number of carbonyl (C=O) groups is 1. The van der Waals surface area contributed by atoms with E-state index < -0.39 is 30.4 Å². The minimum Gasteiger partial charge on any atom is -0.479 e. The van der Waals surface area contributed by atoms with Crippen molar-refractivity contribution in [1.29, 1.82) is 0 Å². The van der Waals surface area contributed by atoms with Gasteiger partial charge in [0, 0.05) is 13.0 Å². The molecular weight excluding hydrogens is 588 g/mol. The van der Waals surface area contributed by atoms with E-state index >= 15 is 0 Å². The van der Waals surface area contributed by atoms with Crippen LogP contribution in [-0.2, 0) is 49.8 Å². The molecule has 3 unspecified atom stereocenters. The Morgan fingerprint density at radius 3 is 2.17 bits per heavy atom. The maximum Gasteiger partial charge on any atom is 0.335 e. The average molecular weight is 635 g/mol. The molecule has 5 rings (SSSR count). The van der Waals surface area contributed by atoms with E-state index in [0.717, 1.165) is 49.0 Å². The first kappa shape index (κ1) is 34.3. The predicted molar refractivity (Wildman–Crippen MR) is 184 cm³/mol. The van der Waals surface area contributed by atoms with Crippen LogP contribution in [0.3, 0.4) is 0 Å². The molecule has 1 N–H and O–H groups in total. The van der Waals surface area contributed by atoms with E-state index in [4.69, 9.17) is 18.9 Å². The third kappa shape index (κ3) is 10.2. The number of aryl methyl sites for hydroxylation is 2. The van der Waals surface area contributed by atoms with Crippen LogP contribution in [-0.4, -0.2) is 42.6 Å². The fourth-order valence-electron chi connectivity index (χ4n) is 5.99. The van der Waals surface area contributed by atoms with Crippen molar-refractivity contribution < 1.29 is 28.8 Å². The largest absolute Gasteiger partial charge is 0.479 e. The maximum absolute atomic E-state index is 12.6. The SMILES string of the molecule is C=CCOCCCCc1ccc(Cc2cc(C3CC(OCc4ccccc4)[C@H](OCc4ccccc4)C(C(=O)O)O3)ccc2C)cc1. The Kier molecular flexibility index (Phi) is 12.9. The van der Waals surface area contributed by atoms with Crippen molar-refractivity contribution in [3.8, 4) is 0 Å². The number of hydrogen-bond donors (Lipinski definition) is 1. The highest BCUT2D eigenvalue weighted by Crippen LogP contribution is 2.36. The van der Waals surface area contributed by atoms with Gasteiger partial charge in [0.1, 0.15) is 6.10 Å². The second kappa shape index (κ2) is 17.7. The monoisotopic (exact) mass is 634 g/mol. The quantitative estimate of drug-likeness (QED) is 0.0933. The van der Waals surface area contributed by atoms with Gasteiger partial charge in [0.2, 0.25) is 0 Å². The van der Waals surface area contributed by atoms with E-state index in [2.05, 4.69) is 49.9 Å². The highest BCUT2D eigenvalue weighted by Gasteiger charge is 2.44. The van der Waals surface area contributed by atoms with Gasteiger partial charge in [-0.25, -0.2) is 4.79 Å². The summed E-state index contributed by atoms with van der Waals surface area (Å²) in [5, 5.41) is 10.3. The first-order valence-corrected chi connectivity index (χ1v) is 16.6. The first-order chi connectivity index (χ1) is 23.0. The maximum atomic E-state index is 12.6. The highest BCUT2D eigenvalue weighted by molar-refractivity contribution is 5.73. The number of carboxylic acids is 1. The molecule has 4 aromatic rings. The van der Waals surface area contributed by atoms with Crippen molar-refractivity contribution in [3.63, 3.8) is 0 Å². The molecule has 0 aromatic heterocycles. The summed E-state index contributed by atoms with van der Waals surface area (Å²) in [5.41, 5.74) is 7.86. The molecule has 0 spiro atoms. The lowest BCUT2D eigenvalue weighted by molar-refractivity contribution is -0.218. The number of unbranched alkanes of at least 4 members (excludes halogenated alkanes) is 1. The molecule has 1 aliphatic heterocycles. The van der Waals surface area contributed by atoms with Gasteiger partial charge in [0.15, 0.2) is 6.10 Å². The Bertz CT molecular complexity index is 1540. The van der Waals surface area contributed by atoms with Crippen LogP contribution in [0.2, 0.25) is 0 Å². The summed E-state index contributed by atoms with van der Waals surface area (Å²) in [6.07, 6.45) is 3.31. The molecule has 1 fully saturated rings. The zero-order valence-corrected chi connectivity index (χ0v) is 27.3. The Balaban J connectivity index is 1.29. The van der Waals surface area contributed by atoms with E-state index in [-0.39, 0.29) is 6.61 Å². The molecule has 0 aliphatic carbocycles. The molecule has 4 aromatic carbocycles. The first-order valence-electron chi connectivity index (χ1n) is 16.6. The molecule has 6 nitrogen and oxygen atoms in total. The van der Waals surface area contributed by atoms with Crippen LogP contribution in [0, 0.1) is 6.92 Å². The van der Waals surface area contributed by atoms with E-state index in [1.807, 2.05) is 66.7 Å². The Labute approximate surface area is 279 Å². The summed E-state index contributed by atoms with van der Waals surface area (Å²) in [7, 11) is 0. The van der Waals surface area contributed by atoms with Crippen LogP contribution < -0.4 is 0 Å². The molecular formula is C41H46O6. The molecule has 1 saturated heterocycles. The van der Waals surface area contributed by atoms with Gasteiger partial charge in [-0.3, -0.25) is 0 Å². The fraction of sp³-hybridized carbons (Fsp3) is 0.341. The van der Waals surface area contributed by atoms with Crippen molar-refractivity contribution in [2.24, 2.45) is 0 Å². The number of rotatable bonds is 17. The minimum atomic E-state index is -1.18. The third-order valence-corrected chi connectivity index (χ3v) is 8.66. The van der Waals surface area contributed by atoms with Gasteiger partial charge in [-0.1, -0.05) is 109 Å². The van der Waals surface area contributed by atoms with Crippen molar-refractivity contribution in [1.82, 2.24) is 0 Å². The van der Waals surface area contributed by atoms with Gasteiger partial charge in [-0.15, -0.1) is 6.58 Å². The van der Waals surface area contributed by atoms with Gasteiger partial charge in [0.05, 0.1) is 32.0 Å². The Morgan fingerprint density at radius 2 is 1.51 bits per heavy atom. The van der Waals surface area contributed by atoms with Crippen LogP contribution in [0.1, 0.15) is 64.3 Å². The minimum absolute atomic E-state index is 0.270. The van der Waals surface area contributed by atoms with E-state index in [0.29, 0.717) is 19.6 Å². The van der Waals surface area contributed by atoms with E-state index in [1.165, 1.54) is 22.3 Å². The normalized spacial score (nSPS) is 19.3. The smallest absolute Gasteiger partial charge is 0.335 e. The third-order valence-electron chi connectivity index (χ3n) is 8.66. The van der Waals surface area contributed by atoms with Crippen molar-refractivity contribution >= 4 is 5.97 Å². The van der Waals surface area contributed by atoms with Crippen LogP contribution in [0.25, 0.3) is 0 Å². The number of benzene rings is 4. The van der Waals surface area contributed by atoms with Gasteiger partial charge in [0.25, 0.3) is 0 Å². The second-order valence-electron chi connectivity index (χ2n) is 12.2. The fourth-order valence-corrected chi connectivity index (χ4v) is 5.99. The average Bonchev–Trinajstić information content (AvgIpc) is 3.10. The number of aliphatic carboxylic acids is 1. The summed E-state index contributed by atoms with van der Waals surface area (Å²) < 4.78 is 24.5. The molecule has 1 heterocycles. The summed E-state index contributed by atoms with van der Waals surface area (Å²) >= 11 is 0.